The minimum atomic E-state index is -0.438. The molecular weight excluding hydrogens is 316 g/mol. The van der Waals surface area contributed by atoms with Crippen molar-refractivity contribution in [2.45, 2.75) is 45.6 Å². The number of nitro benzene ring substituents is 1. The Kier molecular flexibility index (Phi) is 4.83. The van der Waals surface area contributed by atoms with Gasteiger partial charge in [-0.3, -0.25) is 14.9 Å². The Balaban J connectivity index is 1.74. The number of nitrogens with one attached hydrogen (secondary N) is 1. The molecule has 0 heterocycles. The Morgan fingerprint density at radius 2 is 1.84 bits per heavy atom. The lowest BCUT2D eigenvalue weighted by atomic mass is 9.89. The second kappa shape index (κ2) is 7.05. The van der Waals surface area contributed by atoms with Crippen molar-refractivity contribution in [3.63, 3.8) is 0 Å². The van der Waals surface area contributed by atoms with Crippen molar-refractivity contribution < 1.29 is 9.72 Å². The number of hydrogen-bond donors (Lipinski definition) is 1. The standard InChI is InChI=1S/C20H22N2O3/c1-13-11-18(9-10-19(13)22(24)25)20(23)21-14(2)16-8-7-15-5-3-4-6-17(15)12-16/h7-12,14H,3-6H2,1-2H3,(H,21,23). The highest BCUT2D eigenvalue weighted by molar-refractivity contribution is 5.95. The van der Waals surface area contributed by atoms with E-state index in [-0.39, 0.29) is 17.6 Å². The predicted octanol–water partition coefficient (Wildman–Crippen LogP) is 4.27. The zero-order chi connectivity index (χ0) is 18.0. The van der Waals surface area contributed by atoms with Crippen molar-refractivity contribution in [1.29, 1.82) is 0 Å². The van der Waals surface area contributed by atoms with E-state index in [1.807, 2.05) is 6.92 Å². The molecule has 1 N–H and O–H groups in total. The molecule has 3 rings (SSSR count). The SMILES string of the molecule is Cc1cc(C(=O)NC(C)c2ccc3c(c2)CCCC3)ccc1[N+](=O)[O-]. The monoisotopic (exact) mass is 338 g/mol. The maximum atomic E-state index is 12.5. The number of amides is 1. The van der Waals surface area contributed by atoms with Crippen LogP contribution in [0.25, 0.3) is 0 Å². The van der Waals surface area contributed by atoms with E-state index in [1.165, 1.54) is 36.1 Å². The smallest absolute Gasteiger partial charge is 0.272 e. The molecule has 130 valence electrons. The Hall–Kier alpha value is -2.69. The fourth-order valence-corrected chi connectivity index (χ4v) is 3.39. The molecule has 2 aromatic rings. The summed E-state index contributed by atoms with van der Waals surface area (Å²) in [5, 5.41) is 13.9. The summed E-state index contributed by atoms with van der Waals surface area (Å²) in [6.07, 6.45) is 4.71. The van der Waals surface area contributed by atoms with E-state index in [2.05, 4.69) is 23.5 Å². The van der Waals surface area contributed by atoms with Crippen molar-refractivity contribution >= 4 is 11.6 Å². The van der Waals surface area contributed by atoms with E-state index in [9.17, 15) is 14.9 Å². The molecule has 0 aliphatic heterocycles. The lowest BCUT2D eigenvalue weighted by Crippen LogP contribution is -2.27. The van der Waals surface area contributed by atoms with Crippen molar-refractivity contribution in [3.8, 4) is 0 Å². The minimum absolute atomic E-state index is 0.0271. The number of nitrogens with zero attached hydrogens (tertiary/aromatic N) is 1. The first kappa shape index (κ1) is 17.1. The Bertz CT molecular complexity index is 830. The third-order valence-corrected chi connectivity index (χ3v) is 4.88. The molecule has 1 atom stereocenters. The van der Waals surface area contributed by atoms with E-state index < -0.39 is 4.92 Å². The summed E-state index contributed by atoms with van der Waals surface area (Å²) in [5.74, 6) is -0.219. The summed E-state index contributed by atoms with van der Waals surface area (Å²) < 4.78 is 0. The second-order valence-corrected chi connectivity index (χ2v) is 6.69. The molecule has 0 bridgehead atoms. The molecular formula is C20H22N2O3. The third-order valence-electron chi connectivity index (χ3n) is 4.88. The van der Waals surface area contributed by atoms with Gasteiger partial charge in [0.2, 0.25) is 0 Å². The second-order valence-electron chi connectivity index (χ2n) is 6.69. The zero-order valence-corrected chi connectivity index (χ0v) is 14.5. The van der Waals surface area contributed by atoms with E-state index in [1.54, 1.807) is 13.0 Å². The van der Waals surface area contributed by atoms with Crippen LogP contribution in [0.15, 0.2) is 36.4 Å². The lowest BCUT2D eigenvalue weighted by Gasteiger charge is -2.20. The molecule has 0 saturated heterocycles. The molecule has 1 aliphatic carbocycles. The molecule has 0 radical (unpaired) electrons. The highest BCUT2D eigenvalue weighted by Crippen LogP contribution is 2.25. The average Bonchev–Trinajstić information content (AvgIpc) is 2.60. The van der Waals surface area contributed by atoms with E-state index >= 15 is 0 Å². The normalized spacial score (nSPS) is 14.5. The van der Waals surface area contributed by atoms with Gasteiger partial charge in [-0.05, 0) is 68.4 Å². The van der Waals surface area contributed by atoms with Gasteiger partial charge in [-0.25, -0.2) is 0 Å². The van der Waals surface area contributed by atoms with Gasteiger partial charge in [-0.1, -0.05) is 18.2 Å². The summed E-state index contributed by atoms with van der Waals surface area (Å²) in [5.41, 5.74) is 4.84. The lowest BCUT2D eigenvalue weighted by molar-refractivity contribution is -0.385. The predicted molar refractivity (Wildman–Crippen MR) is 96.8 cm³/mol. The van der Waals surface area contributed by atoms with Crippen LogP contribution in [0.1, 0.15) is 58.4 Å². The molecule has 1 amide bonds. The van der Waals surface area contributed by atoms with Crippen LogP contribution < -0.4 is 5.32 Å². The summed E-state index contributed by atoms with van der Waals surface area (Å²) >= 11 is 0. The largest absolute Gasteiger partial charge is 0.346 e. The summed E-state index contributed by atoms with van der Waals surface area (Å²) in [6.45, 7) is 3.60. The summed E-state index contributed by atoms with van der Waals surface area (Å²) in [4.78, 5) is 22.9. The van der Waals surface area contributed by atoms with Crippen LogP contribution >= 0.6 is 0 Å². The molecule has 0 saturated carbocycles. The van der Waals surface area contributed by atoms with Gasteiger partial charge in [0.05, 0.1) is 11.0 Å². The van der Waals surface area contributed by atoms with Gasteiger partial charge >= 0.3 is 0 Å². The van der Waals surface area contributed by atoms with Crippen LogP contribution in [0.5, 0.6) is 0 Å². The highest BCUT2D eigenvalue weighted by atomic mass is 16.6. The number of fused-ring (bicyclic) bond motifs is 1. The van der Waals surface area contributed by atoms with Crippen LogP contribution in [0.4, 0.5) is 5.69 Å². The molecule has 0 fully saturated rings. The molecule has 1 aliphatic rings. The van der Waals surface area contributed by atoms with Gasteiger partial charge in [-0.15, -0.1) is 0 Å². The first-order chi connectivity index (χ1) is 12.0. The topological polar surface area (TPSA) is 72.2 Å². The fourth-order valence-electron chi connectivity index (χ4n) is 3.39. The van der Waals surface area contributed by atoms with E-state index in [4.69, 9.17) is 0 Å². The first-order valence-electron chi connectivity index (χ1n) is 8.63. The van der Waals surface area contributed by atoms with Crippen LogP contribution in [0.2, 0.25) is 0 Å². The fraction of sp³-hybridized carbons (Fsp3) is 0.350. The number of nitro groups is 1. The van der Waals surface area contributed by atoms with Crippen molar-refractivity contribution in [2.24, 2.45) is 0 Å². The van der Waals surface area contributed by atoms with Crippen LogP contribution in [-0.2, 0) is 12.8 Å². The van der Waals surface area contributed by atoms with Crippen LogP contribution in [0.3, 0.4) is 0 Å². The summed E-state index contributed by atoms with van der Waals surface area (Å²) in [7, 11) is 0. The average molecular weight is 338 g/mol. The Morgan fingerprint density at radius 3 is 2.52 bits per heavy atom. The molecule has 2 aromatic carbocycles. The van der Waals surface area contributed by atoms with Gasteiger partial charge in [0.1, 0.15) is 0 Å². The van der Waals surface area contributed by atoms with Gasteiger partial charge in [0.15, 0.2) is 0 Å². The molecule has 1 unspecified atom stereocenters. The molecule has 0 aromatic heterocycles. The third kappa shape index (κ3) is 3.71. The highest BCUT2D eigenvalue weighted by Gasteiger charge is 2.17. The maximum absolute atomic E-state index is 12.5. The number of rotatable bonds is 4. The molecule has 0 spiro atoms. The number of carbonyl (C=O) groups is 1. The Morgan fingerprint density at radius 1 is 1.12 bits per heavy atom. The first-order valence-corrected chi connectivity index (χ1v) is 8.63. The van der Waals surface area contributed by atoms with Gasteiger partial charge in [0.25, 0.3) is 11.6 Å². The molecule has 25 heavy (non-hydrogen) atoms. The van der Waals surface area contributed by atoms with E-state index in [0.29, 0.717) is 11.1 Å². The summed E-state index contributed by atoms with van der Waals surface area (Å²) in [6, 6.07) is 10.8. The maximum Gasteiger partial charge on any atom is 0.272 e. The quantitative estimate of drug-likeness (QED) is 0.668. The number of hydrogen-bond acceptors (Lipinski definition) is 3. The Labute approximate surface area is 147 Å². The van der Waals surface area contributed by atoms with Gasteiger partial charge in [0, 0.05) is 17.2 Å². The number of carbonyl (C=O) groups excluding carboxylic acids is 1. The van der Waals surface area contributed by atoms with Crippen molar-refractivity contribution in [3.05, 3.63) is 74.3 Å². The van der Waals surface area contributed by atoms with Crippen molar-refractivity contribution in [2.75, 3.05) is 0 Å². The molecule has 5 nitrogen and oxygen atoms in total. The van der Waals surface area contributed by atoms with E-state index in [0.717, 1.165) is 18.4 Å². The van der Waals surface area contributed by atoms with Crippen molar-refractivity contribution in [1.82, 2.24) is 5.32 Å². The molecule has 5 heteroatoms. The van der Waals surface area contributed by atoms with Crippen LogP contribution in [-0.4, -0.2) is 10.8 Å². The minimum Gasteiger partial charge on any atom is -0.346 e. The number of aryl methyl sites for hydroxylation is 3. The van der Waals surface area contributed by atoms with Crippen LogP contribution in [0, 0.1) is 17.0 Å². The number of benzene rings is 2. The zero-order valence-electron chi connectivity index (χ0n) is 14.5. The van der Waals surface area contributed by atoms with Gasteiger partial charge < -0.3 is 5.32 Å². The van der Waals surface area contributed by atoms with Gasteiger partial charge in [-0.2, -0.15) is 0 Å².